The van der Waals surface area contributed by atoms with Crippen LogP contribution in [0.4, 0.5) is 5.69 Å². The Bertz CT molecular complexity index is 1010. The predicted octanol–water partition coefficient (Wildman–Crippen LogP) is 1.91. The zero-order valence-corrected chi connectivity index (χ0v) is 18.0. The Balaban J connectivity index is 1.42. The van der Waals surface area contributed by atoms with Crippen LogP contribution in [0.5, 0.6) is 0 Å². The fourth-order valence-corrected chi connectivity index (χ4v) is 4.84. The second-order valence-electron chi connectivity index (χ2n) is 7.80. The summed E-state index contributed by atoms with van der Waals surface area (Å²) in [5.41, 5.74) is 1.86. The van der Waals surface area contributed by atoms with E-state index < -0.39 is 0 Å². The summed E-state index contributed by atoms with van der Waals surface area (Å²) < 4.78 is 2.93. The smallest absolute Gasteiger partial charge is 0.337 e. The largest absolute Gasteiger partial charge is 0.346 e. The monoisotopic (exact) mass is 429 g/mol. The minimum absolute atomic E-state index is 0.0299. The molecule has 0 aliphatic carbocycles. The van der Waals surface area contributed by atoms with Gasteiger partial charge < -0.3 is 10.2 Å². The number of hydrogen-bond acceptors (Lipinski definition) is 5. The van der Waals surface area contributed by atoms with Crippen molar-refractivity contribution in [3.8, 4) is 0 Å². The number of amides is 2. The third-order valence-electron chi connectivity index (χ3n) is 5.62. The van der Waals surface area contributed by atoms with Gasteiger partial charge in [-0.05, 0) is 43.5 Å². The van der Waals surface area contributed by atoms with E-state index in [0.29, 0.717) is 17.8 Å². The maximum absolute atomic E-state index is 12.7. The van der Waals surface area contributed by atoms with Gasteiger partial charge in [0.2, 0.25) is 5.91 Å². The summed E-state index contributed by atoms with van der Waals surface area (Å²) in [5, 5.41) is 7.21. The van der Waals surface area contributed by atoms with Crippen molar-refractivity contribution in [2.75, 3.05) is 29.9 Å². The second kappa shape index (κ2) is 9.07. The molecule has 2 aromatic rings. The lowest BCUT2D eigenvalue weighted by Gasteiger charge is -2.26. The molecule has 160 valence electrons. The Kier molecular flexibility index (Phi) is 6.26. The van der Waals surface area contributed by atoms with Crippen LogP contribution < -0.4 is 11.0 Å². The van der Waals surface area contributed by atoms with Crippen LogP contribution in [0, 0.1) is 6.92 Å². The van der Waals surface area contributed by atoms with Crippen molar-refractivity contribution < 1.29 is 9.59 Å². The van der Waals surface area contributed by atoms with Gasteiger partial charge in [0.25, 0.3) is 5.91 Å². The van der Waals surface area contributed by atoms with Crippen LogP contribution in [0.25, 0.3) is 0 Å². The van der Waals surface area contributed by atoms with Gasteiger partial charge in [0.1, 0.15) is 12.4 Å². The second-order valence-corrected chi connectivity index (χ2v) is 9.03. The van der Waals surface area contributed by atoms with Gasteiger partial charge >= 0.3 is 5.69 Å². The number of fused-ring (bicyclic) bond motifs is 1. The molecule has 1 aromatic heterocycles. The average Bonchev–Trinajstić information content (AvgIpc) is 2.91. The third kappa shape index (κ3) is 4.45. The number of nitrogens with one attached hydrogen (secondary N) is 1. The molecule has 0 unspecified atom stereocenters. The SMILES string of the molecule is Cc1cc(C(=O)N2CCSCC2)ccc1NC(=O)Cn1nc2n(c1=O)CCCCC2. The molecule has 1 saturated heterocycles. The summed E-state index contributed by atoms with van der Waals surface area (Å²) in [6.07, 6.45) is 3.85. The van der Waals surface area contributed by atoms with Crippen molar-refractivity contribution in [2.24, 2.45) is 0 Å². The molecule has 4 rings (SSSR count). The molecule has 1 N–H and O–H groups in total. The topological polar surface area (TPSA) is 89.2 Å². The normalized spacial score (nSPS) is 16.6. The number of hydrogen-bond donors (Lipinski definition) is 1. The van der Waals surface area contributed by atoms with Gasteiger partial charge in [0.05, 0.1) is 0 Å². The van der Waals surface area contributed by atoms with E-state index in [1.807, 2.05) is 29.7 Å². The fraction of sp³-hybridized carbons (Fsp3) is 0.524. The maximum atomic E-state index is 12.7. The highest BCUT2D eigenvalue weighted by molar-refractivity contribution is 7.99. The molecule has 9 heteroatoms. The lowest BCUT2D eigenvalue weighted by Crippen LogP contribution is -2.37. The number of anilines is 1. The van der Waals surface area contributed by atoms with Crippen LogP contribution in [0.3, 0.4) is 0 Å². The van der Waals surface area contributed by atoms with Crippen LogP contribution in [0.15, 0.2) is 23.0 Å². The third-order valence-corrected chi connectivity index (χ3v) is 6.56. The first-order valence-corrected chi connectivity index (χ1v) is 11.6. The Hall–Kier alpha value is -2.55. The first kappa shape index (κ1) is 20.7. The number of carbonyl (C=O) groups is 2. The molecule has 8 nitrogen and oxygen atoms in total. The molecule has 0 atom stereocenters. The molecule has 3 heterocycles. The van der Waals surface area contributed by atoms with Crippen molar-refractivity contribution in [3.05, 3.63) is 45.6 Å². The van der Waals surface area contributed by atoms with Gasteiger partial charge in [0, 0.05) is 48.8 Å². The van der Waals surface area contributed by atoms with Crippen molar-refractivity contribution in [1.29, 1.82) is 0 Å². The average molecular weight is 430 g/mol. The van der Waals surface area contributed by atoms with Gasteiger partial charge in [-0.3, -0.25) is 14.2 Å². The standard InChI is InChI=1S/C21H27N5O3S/c1-15-13-16(20(28)24-9-11-30-12-10-24)6-7-17(15)22-19(27)14-26-21(29)25-8-4-2-3-5-18(25)23-26/h6-7,13H,2-5,8-12,14H2,1H3,(H,22,27). The van der Waals surface area contributed by atoms with E-state index in [9.17, 15) is 14.4 Å². The number of aryl methyl sites for hydroxylation is 2. The Morgan fingerprint density at radius 2 is 1.93 bits per heavy atom. The Morgan fingerprint density at radius 1 is 1.13 bits per heavy atom. The zero-order valence-electron chi connectivity index (χ0n) is 17.2. The summed E-state index contributed by atoms with van der Waals surface area (Å²) in [6.45, 7) is 3.95. The van der Waals surface area contributed by atoms with E-state index in [4.69, 9.17) is 0 Å². The van der Waals surface area contributed by atoms with E-state index in [-0.39, 0.29) is 24.0 Å². The quantitative estimate of drug-likeness (QED) is 0.802. The summed E-state index contributed by atoms with van der Waals surface area (Å²) in [7, 11) is 0. The number of rotatable bonds is 4. The number of thioether (sulfide) groups is 1. The maximum Gasteiger partial charge on any atom is 0.346 e. The number of carbonyl (C=O) groups excluding carboxylic acids is 2. The molecular formula is C21H27N5O3S. The minimum Gasteiger partial charge on any atom is -0.337 e. The predicted molar refractivity (Wildman–Crippen MR) is 117 cm³/mol. The van der Waals surface area contributed by atoms with Gasteiger partial charge in [-0.15, -0.1) is 0 Å². The lowest BCUT2D eigenvalue weighted by molar-refractivity contribution is -0.117. The van der Waals surface area contributed by atoms with Gasteiger partial charge in [-0.2, -0.15) is 16.9 Å². The highest BCUT2D eigenvalue weighted by atomic mass is 32.2. The molecule has 2 amide bonds. The van der Waals surface area contributed by atoms with Crippen LogP contribution in [-0.2, 0) is 24.3 Å². The molecule has 1 aromatic carbocycles. The zero-order chi connectivity index (χ0) is 21.1. The Morgan fingerprint density at radius 3 is 2.70 bits per heavy atom. The highest BCUT2D eigenvalue weighted by Gasteiger charge is 2.20. The van der Waals surface area contributed by atoms with Crippen LogP contribution in [0.1, 0.15) is 41.0 Å². The number of aromatic nitrogens is 3. The van der Waals surface area contributed by atoms with Crippen molar-refractivity contribution >= 4 is 29.3 Å². The van der Waals surface area contributed by atoms with E-state index in [1.54, 1.807) is 16.7 Å². The minimum atomic E-state index is -0.305. The van der Waals surface area contributed by atoms with Crippen LogP contribution >= 0.6 is 11.8 Å². The van der Waals surface area contributed by atoms with E-state index >= 15 is 0 Å². The molecule has 1 fully saturated rings. The van der Waals surface area contributed by atoms with E-state index in [0.717, 1.165) is 61.7 Å². The summed E-state index contributed by atoms with van der Waals surface area (Å²) in [5.74, 6) is 2.43. The van der Waals surface area contributed by atoms with Gasteiger partial charge in [-0.1, -0.05) is 6.42 Å². The lowest BCUT2D eigenvalue weighted by atomic mass is 10.1. The summed E-state index contributed by atoms with van der Waals surface area (Å²) in [6, 6.07) is 5.31. The molecule has 0 bridgehead atoms. The first-order valence-electron chi connectivity index (χ1n) is 10.5. The highest BCUT2D eigenvalue weighted by Crippen LogP contribution is 2.19. The Labute approximate surface area is 179 Å². The fourth-order valence-electron chi connectivity index (χ4n) is 3.94. The van der Waals surface area contributed by atoms with Crippen LogP contribution in [0.2, 0.25) is 0 Å². The summed E-state index contributed by atoms with van der Waals surface area (Å²) in [4.78, 5) is 39.6. The molecule has 0 radical (unpaired) electrons. The van der Waals surface area contributed by atoms with Crippen molar-refractivity contribution in [3.63, 3.8) is 0 Å². The number of nitrogens with zero attached hydrogens (tertiary/aromatic N) is 4. The molecule has 2 aliphatic heterocycles. The number of benzene rings is 1. The molecule has 0 spiro atoms. The molecule has 30 heavy (non-hydrogen) atoms. The molecule has 2 aliphatic rings. The molecule has 0 saturated carbocycles. The van der Waals surface area contributed by atoms with Crippen molar-refractivity contribution in [1.82, 2.24) is 19.2 Å². The van der Waals surface area contributed by atoms with E-state index in [1.165, 1.54) is 4.68 Å². The van der Waals surface area contributed by atoms with Crippen molar-refractivity contribution in [2.45, 2.75) is 45.7 Å². The molecular weight excluding hydrogens is 402 g/mol. The first-order chi connectivity index (χ1) is 14.5. The van der Waals surface area contributed by atoms with Crippen LogP contribution in [-0.4, -0.2) is 55.7 Å². The van der Waals surface area contributed by atoms with Gasteiger partial charge in [0.15, 0.2) is 0 Å². The van der Waals surface area contributed by atoms with E-state index in [2.05, 4.69) is 10.4 Å². The van der Waals surface area contributed by atoms with Gasteiger partial charge in [-0.25, -0.2) is 9.48 Å². The summed E-state index contributed by atoms with van der Waals surface area (Å²) >= 11 is 1.86.